The van der Waals surface area contributed by atoms with Crippen molar-refractivity contribution in [3.63, 3.8) is 0 Å². The van der Waals surface area contributed by atoms with E-state index < -0.39 is 0 Å². The summed E-state index contributed by atoms with van der Waals surface area (Å²) in [6.45, 7) is 3.22. The number of carbonyl (C=O) groups is 1. The average Bonchev–Trinajstić information content (AvgIpc) is 2.85. The Bertz CT molecular complexity index is 430. The minimum Gasteiger partial charge on any atom is -0.477 e. The first kappa shape index (κ1) is 9.87. The van der Waals surface area contributed by atoms with Crippen LogP contribution in [0.3, 0.4) is 0 Å². The van der Waals surface area contributed by atoms with Crippen molar-refractivity contribution in [1.29, 1.82) is 0 Å². The van der Waals surface area contributed by atoms with E-state index in [1.54, 1.807) is 13.1 Å². The van der Waals surface area contributed by atoms with Gasteiger partial charge in [-0.15, -0.1) is 0 Å². The molecule has 16 heavy (non-hydrogen) atoms. The van der Waals surface area contributed by atoms with Gasteiger partial charge in [-0.3, -0.25) is 4.79 Å². The van der Waals surface area contributed by atoms with E-state index in [0.717, 1.165) is 13.2 Å². The smallest absolute Gasteiger partial charge is 0.222 e. The van der Waals surface area contributed by atoms with Gasteiger partial charge in [0.15, 0.2) is 5.78 Å². The van der Waals surface area contributed by atoms with Crippen molar-refractivity contribution in [3.05, 3.63) is 11.8 Å². The molecule has 1 fully saturated rings. The second-order valence-electron chi connectivity index (χ2n) is 5.07. The number of fused-ring (bicyclic) bond motifs is 1. The highest BCUT2D eigenvalue weighted by Gasteiger charge is 2.40. The maximum absolute atomic E-state index is 11.4. The first-order chi connectivity index (χ1) is 7.70. The molecule has 1 spiro atoms. The summed E-state index contributed by atoms with van der Waals surface area (Å²) in [6, 6.07) is 0. The summed E-state index contributed by atoms with van der Waals surface area (Å²) >= 11 is 0. The molecule has 0 radical (unpaired) electrons. The fourth-order valence-electron chi connectivity index (χ4n) is 2.89. The molecule has 0 unspecified atom stereocenters. The number of ketones is 1. The van der Waals surface area contributed by atoms with Crippen molar-refractivity contribution in [2.45, 2.75) is 39.2 Å². The van der Waals surface area contributed by atoms with Gasteiger partial charge in [0.05, 0.1) is 24.9 Å². The highest BCUT2D eigenvalue weighted by atomic mass is 16.5. The summed E-state index contributed by atoms with van der Waals surface area (Å²) in [5, 5.41) is 4.27. The van der Waals surface area contributed by atoms with Crippen LogP contribution in [0.4, 0.5) is 0 Å². The van der Waals surface area contributed by atoms with Gasteiger partial charge < -0.3 is 4.74 Å². The molecule has 1 aromatic heterocycles. The lowest BCUT2D eigenvalue weighted by Crippen LogP contribution is -2.36. The van der Waals surface area contributed by atoms with E-state index in [0.29, 0.717) is 11.4 Å². The number of nitrogens with zero attached hydrogens (tertiary/aromatic N) is 2. The second-order valence-corrected chi connectivity index (χ2v) is 5.07. The Labute approximate surface area is 94.6 Å². The Morgan fingerprint density at radius 1 is 1.50 bits per heavy atom. The van der Waals surface area contributed by atoms with Crippen molar-refractivity contribution in [2.24, 2.45) is 5.41 Å². The molecule has 0 amide bonds. The normalized spacial score (nSPS) is 21.8. The summed E-state index contributed by atoms with van der Waals surface area (Å²) < 4.78 is 7.64. The molecule has 86 valence electrons. The molecule has 4 nitrogen and oxygen atoms in total. The quantitative estimate of drug-likeness (QED) is 0.680. The minimum absolute atomic E-state index is 0.0311. The van der Waals surface area contributed by atoms with E-state index in [9.17, 15) is 4.79 Å². The zero-order valence-corrected chi connectivity index (χ0v) is 9.53. The topological polar surface area (TPSA) is 44.1 Å². The molecule has 0 bridgehead atoms. The number of ether oxygens (including phenoxy) is 1. The Morgan fingerprint density at radius 3 is 2.94 bits per heavy atom. The lowest BCUT2D eigenvalue weighted by Gasteiger charge is -2.33. The summed E-state index contributed by atoms with van der Waals surface area (Å²) in [5.74, 6) is 0.702. The predicted octanol–water partition coefficient (Wildman–Crippen LogP) is 2.04. The Hall–Kier alpha value is -1.32. The molecule has 2 aliphatic rings. The van der Waals surface area contributed by atoms with Crippen LogP contribution in [0, 0.1) is 5.41 Å². The molecule has 3 rings (SSSR count). The largest absolute Gasteiger partial charge is 0.477 e. The van der Waals surface area contributed by atoms with Crippen molar-refractivity contribution < 1.29 is 9.53 Å². The first-order valence-electron chi connectivity index (χ1n) is 5.90. The van der Waals surface area contributed by atoms with Crippen molar-refractivity contribution in [2.75, 3.05) is 6.61 Å². The van der Waals surface area contributed by atoms with Crippen molar-refractivity contribution in [1.82, 2.24) is 9.78 Å². The van der Waals surface area contributed by atoms with Gasteiger partial charge in [-0.25, -0.2) is 4.68 Å². The Balaban J connectivity index is 1.93. The SMILES string of the molecule is CC(=O)c1cnn2c1OCC1(CCCC1)C2. The molecule has 1 aromatic rings. The summed E-state index contributed by atoms with van der Waals surface area (Å²) in [6.07, 6.45) is 6.66. The van der Waals surface area contributed by atoms with E-state index >= 15 is 0 Å². The molecule has 0 atom stereocenters. The van der Waals surface area contributed by atoms with E-state index in [4.69, 9.17) is 4.74 Å². The molecule has 2 heterocycles. The number of hydrogen-bond acceptors (Lipinski definition) is 3. The summed E-state index contributed by atoms with van der Waals surface area (Å²) in [4.78, 5) is 11.4. The van der Waals surface area contributed by atoms with Gasteiger partial charge in [-0.1, -0.05) is 12.8 Å². The molecule has 4 heteroatoms. The Morgan fingerprint density at radius 2 is 2.25 bits per heavy atom. The zero-order chi connectivity index (χ0) is 11.2. The van der Waals surface area contributed by atoms with Crippen LogP contribution < -0.4 is 4.74 Å². The maximum Gasteiger partial charge on any atom is 0.222 e. The number of carbonyl (C=O) groups excluding carboxylic acids is 1. The average molecular weight is 220 g/mol. The number of rotatable bonds is 1. The van der Waals surface area contributed by atoms with Crippen molar-refractivity contribution >= 4 is 5.78 Å². The molecular formula is C12H16N2O2. The third kappa shape index (κ3) is 1.36. The van der Waals surface area contributed by atoms with Crippen LogP contribution in [0.1, 0.15) is 43.0 Å². The van der Waals surface area contributed by atoms with Crippen molar-refractivity contribution in [3.8, 4) is 5.88 Å². The van der Waals surface area contributed by atoms with Crippen LogP contribution in [0.25, 0.3) is 0 Å². The fourth-order valence-corrected chi connectivity index (χ4v) is 2.89. The second kappa shape index (κ2) is 3.34. The predicted molar refractivity (Wildman–Crippen MR) is 58.6 cm³/mol. The molecular weight excluding hydrogens is 204 g/mol. The molecule has 1 aliphatic heterocycles. The van der Waals surface area contributed by atoms with Crippen LogP contribution in [0.2, 0.25) is 0 Å². The maximum atomic E-state index is 11.4. The van der Waals surface area contributed by atoms with Gasteiger partial charge in [0.25, 0.3) is 0 Å². The van der Waals surface area contributed by atoms with E-state index in [1.165, 1.54) is 25.7 Å². The summed E-state index contributed by atoms with van der Waals surface area (Å²) in [7, 11) is 0. The molecule has 1 saturated carbocycles. The monoisotopic (exact) mass is 220 g/mol. The molecule has 1 aliphatic carbocycles. The van der Waals surface area contributed by atoms with Crippen LogP contribution >= 0.6 is 0 Å². The van der Waals surface area contributed by atoms with E-state index in [1.807, 2.05) is 4.68 Å². The standard InChI is InChI=1S/C12H16N2O2/c1-9(15)10-6-13-14-7-12(4-2-3-5-12)8-16-11(10)14/h6H,2-5,7-8H2,1H3. The van der Waals surface area contributed by atoms with Crippen LogP contribution in [-0.4, -0.2) is 22.2 Å². The van der Waals surface area contributed by atoms with Crippen LogP contribution in [0.5, 0.6) is 5.88 Å². The van der Waals surface area contributed by atoms with Gasteiger partial charge in [0.2, 0.25) is 5.88 Å². The number of aromatic nitrogens is 2. The van der Waals surface area contributed by atoms with Gasteiger partial charge in [-0.05, 0) is 19.8 Å². The number of hydrogen-bond donors (Lipinski definition) is 0. The van der Waals surface area contributed by atoms with Crippen LogP contribution in [0.15, 0.2) is 6.20 Å². The molecule has 0 saturated heterocycles. The minimum atomic E-state index is 0.0311. The Kier molecular flexibility index (Phi) is 2.06. The van der Waals surface area contributed by atoms with Gasteiger partial charge >= 0.3 is 0 Å². The highest BCUT2D eigenvalue weighted by molar-refractivity contribution is 5.96. The third-order valence-electron chi connectivity index (χ3n) is 3.83. The van der Waals surface area contributed by atoms with Gasteiger partial charge in [0.1, 0.15) is 0 Å². The van der Waals surface area contributed by atoms with Crippen LogP contribution in [-0.2, 0) is 6.54 Å². The van der Waals surface area contributed by atoms with E-state index in [2.05, 4.69) is 5.10 Å². The first-order valence-corrected chi connectivity index (χ1v) is 5.90. The highest BCUT2D eigenvalue weighted by Crippen LogP contribution is 2.43. The lowest BCUT2D eigenvalue weighted by molar-refractivity contribution is 0.0725. The van der Waals surface area contributed by atoms with Gasteiger partial charge in [0, 0.05) is 5.41 Å². The third-order valence-corrected chi connectivity index (χ3v) is 3.83. The zero-order valence-electron chi connectivity index (χ0n) is 9.53. The summed E-state index contributed by atoms with van der Waals surface area (Å²) in [5.41, 5.74) is 0.903. The molecule has 0 N–H and O–H groups in total. The number of Topliss-reactive ketones (excluding diaryl/α,β-unsaturated/α-hetero) is 1. The lowest BCUT2D eigenvalue weighted by atomic mass is 9.86. The van der Waals surface area contributed by atoms with E-state index in [-0.39, 0.29) is 11.2 Å². The molecule has 0 aromatic carbocycles. The van der Waals surface area contributed by atoms with Gasteiger partial charge in [-0.2, -0.15) is 5.10 Å². The fraction of sp³-hybridized carbons (Fsp3) is 0.667.